The summed E-state index contributed by atoms with van der Waals surface area (Å²) in [6.45, 7) is 4.94. The summed E-state index contributed by atoms with van der Waals surface area (Å²) in [5.74, 6) is -2.81. The maximum atomic E-state index is 14.1. The minimum atomic E-state index is -1.36. The fraction of sp³-hybridized carbons (Fsp3) is 0.447. The van der Waals surface area contributed by atoms with Crippen molar-refractivity contribution in [3.63, 3.8) is 0 Å². The van der Waals surface area contributed by atoms with Crippen LogP contribution in [0.1, 0.15) is 92.8 Å². The summed E-state index contributed by atoms with van der Waals surface area (Å²) < 4.78 is 31.1. The van der Waals surface area contributed by atoms with Gasteiger partial charge in [0.25, 0.3) is 0 Å². The molecule has 2 heterocycles. The Hall–Kier alpha value is -5.14. The molecule has 0 aromatic heterocycles. The molecular formula is C47H54N2O10. The Morgan fingerprint density at radius 1 is 0.898 bits per heavy atom. The molecule has 3 fully saturated rings. The molecule has 12 nitrogen and oxygen atoms in total. The molecule has 0 radical (unpaired) electrons. The zero-order chi connectivity index (χ0) is 41.6. The number of carbonyl (C=O) groups excluding carboxylic acids is 4. The highest BCUT2D eigenvalue weighted by Crippen LogP contribution is 2.47. The monoisotopic (exact) mass is 806 g/mol. The molecule has 7 atom stereocenters. The van der Waals surface area contributed by atoms with Gasteiger partial charge in [-0.05, 0) is 70.1 Å². The minimum Gasteiger partial charge on any atom is -0.460 e. The van der Waals surface area contributed by atoms with Gasteiger partial charge in [-0.25, -0.2) is 4.79 Å². The fourth-order valence-electron chi connectivity index (χ4n) is 8.07. The lowest BCUT2D eigenvalue weighted by molar-refractivity contribution is -0.157. The maximum Gasteiger partial charge on any atom is 0.339 e. The predicted octanol–water partition coefficient (Wildman–Crippen LogP) is 5.91. The molecule has 1 saturated carbocycles. The molecule has 2 aliphatic heterocycles. The van der Waals surface area contributed by atoms with Gasteiger partial charge < -0.3 is 39.4 Å². The molecule has 59 heavy (non-hydrogen) atoms. The second kappa shape index (κ2) is 18.4. The molecule has 312 valence electrons. The first-order valence-electron chi connectivity index (χ1n) is 20.6. The Bertz CT molecular complexity index is 1990. The molecule has 3 aromatic rings. The SMILES string of the molecule is CC(C)(C)OC(=O)CC[C@@H](CO)NC(=O)CCNC(=O)C1=C[C@H]2OC(c3ccccc3)(c3ccccc3)O[C@H]2[C@H](OC(=O)c2ccccc2C=CC2CCC3OC3C2)C1. The molecule has 2 aliphatic carbocycles. The molecule has 4 aliphatic rings. The second-order valence-electron chi connectivity index (χ2n) is 16.7. The highest BCUT2D eigenvalue weighted by atomic mass is 16.8. The number of aliphatic hydroxyl groups is 1. The summed E-state index contributed by atoms with van der Waals surface area (Å²) in [5, 5.41) is 15.4. The normalized spacial score (nSPS) is 24.8. The van der Waals surface area contributed by atoms with Crippen LogP contribution in [-0.2, 0) is 43.9 Å². The van der Waals surface area contributed by atoms with E-state index >= 15 is 0 Å². The molecule has 7 rings (SSSR count). The number of esters is 2. The summed E-state index contributed by atoms with van der Waals surface area (Å²) in [6.07, 6.45) is 7.38. The van der Waals surface area contributed by atoms with Crippen molar-refractivity contribution in [2.24, 2.45) is 5.92 Å². The van der Waals surface area contributed by atoms with E-state index in [-0.39, 0.29) is 38.8 Å². The van der Waals surface area contributed by atoms with E-state index in [0.717, 1.165) is 36.0 Å². The van der Waals surface area contributed by atoms with Gasteiger partial charge in [-0.3, -0.25) is 14.4 Å². The number of epoxide rings is 1. The highest BCUT2D eigenvalue weighted by molar-refractivity contribution is 5.95. The van der Waals surface area contributed by atoms with E-state index in [9.17, 15) is 24.3 Å². The van der Waals surface area contributed by atoms with Crippen molar-refractivity contribution >= 4 is 29.8 Å². The number of carbonyl (C=O) groups is 4. The average molecular weight is 807 g/mol. The summed E-state index contributed by atoms with van der Waals surface area (Å²) in [7, 11) is 0. The van der Waals surface area contributed by atoms with Crippen molar-refractivity contribution in [3.05, 3.63) is 125 Å². The van der Waals surface area contributed by atoms with E-state index < -0.39 is 59.5 Å². The number of hydrogen-bond acceptors (Lipinski definition) is 10. The lowest BCUT2D eigenvalue weighted by atomic mass is 9.88. The largest absolute Gasteiger partial charge is 0.460 e. The van der Waals surface area contributed by atoms with Crippen molar-refractivity contribution < 1.29 is 48.0 Å². The fourth-order valence-corrected chi connectivity index (χ4v) is 8.07. The second-order valence-corrected chi connectivity index (χ2v) is 16.7. The summed E-state index contributed by atoms with van der Waals surface area (Å²) in [5.41, 5.74) is 2.29. The molecule has 0 spiro atoms. The third-order valence-corrected chi connectivity index (χ3v) is 11.1. The molecule has 3 N–H and O–H groups in total. The zero-order valence-corrected chi connectivity index (χ0v) is 33.8. The van der Waals surface area contributed by atoms with Crippen LogP contribution in [0.15, 0.2) is 103 Å². The van der Waals surface area contributed by atoms with E-state index in [0.29, 0.717) is 29.3 Å². The number of ether oxygens (including phenoxy) is 5. The number of aliphatic hydroxyl groups excluding tert-OH is 1. The molecule has 12 heteroatoms. The lowest BCUT2D eigenvalue weighted by Crippen LogP contribution is -2.44. The molecular weight excluding hydrogens is 753 g/mol. The van der Waals surface area contributed by atoms with Gasteiger partial charge in [0.2, 0.25) is 17.6 Å². The van der Waals surface area contributed by atoms with Crippen molar-refractivity contribution in [1.29, 1.82) is 0 Å². The molecule has 3 aromatic carbocycles. The number of nitrogens with one attached hydrogen (secondary N) is 2. The standard InChI is InChI=1S/C47H54N2O10/c1-46(2,3)58-42(52)23-21-35(29-50)49-41(51)24-25-48-44(53)32-27-39(56-45(54)36-17-11-10-12-31(36)20-18-30-19-22-37-38(26-30)55-37)43-40(28-32)57-47(59-43,33-13-6-4-7-14-33)34-15-8-5-9-16-34/h4-18,20,28,30,35,37-40,43,50H,19,21-27,29H2,1-3H3,(H,48,53)(H,49,51)/t30?,35-,37?,38?,39+,40+,43-/m0/s1. The van der Waals surface area contributed by atoms with E-state index in [1.165, 1.54) is 0 Å². The van der Waals surface area contributed by atoms with Gasteiger partial charge in [0.1, 0.15) is 23.9 Å². The van der Waals surface area contributed by atoms with Crippen LogP contribution in [0.2, 0.25) is 0 Å². The molecule has 2 amide bonds. The first-order valence-corrected chi connectivity index (χ1v) is 20.6. The molecule has 0 bridgehead atoms. The Labute approximate surface area is 345 Å². The number of benzene rings is 3. The van der Waals surface area contributed by atoms with Crippen LogP contribution in [0.3, 0.4) is 0 Å². The Morgan fingerprint density at radius 2 is 1.59 bits per heavy atom. The van der Waals surface area contributed by atoms with E-state index in [1.807, 2.05) is 78.9 Å². The van der Waals surface area contributed by atoms with Gasteiger partial charge in [-0.2, -0.15) is 0 Å². The number of rotatable bonds is 15. The third-order valence-electron chi connectivity index (χ3n) is 11.1. The van der Waals surface area contributed by atoms with Crippen LogP contribution in [-0.4, -0.2) is 84.2 Å². The van der Waals surface area contributed by atoms with Gasteiger partial charge in [0.05, 0.1) is 30.4 Å². The number of fused-ring (bicyclic) bond motifs is 2. The van der Waals surface area contributed by atoms with Crippen LogP contribution in [0, 0.1) is 5.92 Å². The average Bonchev–Trinajstić information content (AvgIpc) is 3.90. The van der Waals surface area contributed by atoms with E-state index in [2.05, 4.69) is 16.7 Å². The summed E-state index contributed by atoms with van der Waals surface area (Å²) in [4.78, 5) is 52.9. The van der Waals surface area contributed by atoms with Crippen LogP contribution < -0.4 is 10.6 Å². The van der Waals surface area contributed by atoms with Gasteiger partial charge in [0, 0.05) is 42.5 Å². The maximum absolute atomic E-state index is 14.1. The topological polar surface area (TPSA) is 162 Å². The van der Waals surface area contributed by atoms with Gasteiger partial charge in [0.15, 0.2) is 0 Å². The first kappa shape index (κ1) is 42.0. The predicted molar refractivity (Wildman–Crippen MR) is 219 cm³/mol. The van der Waals surface area contributed by atoms with Gasteiger partial charge in [-0.15, -0.1) is 0 Å². The smallest absolute Gasteiger partial charge is 0.339 e. The Morgan fingerprint density at radius 3 is 2.27 bits per heavy atom. The van der Waals surface area contributed by atoms with E-state index in [4.69, 9.17) is 23.7 Å². The van der Waals surface area contributed by atoms with Crippen LogP contribution in [0.25, 0.3) is 6.08 Å². The number of amides is 2. The summed E-state index contributed by atoms with van der Waals surface area (Å²) in [6, 6.07) is 25.7. The van der Waals surface area contributed by atoms with Crippen LogP contribution in [0.4, 0.5) is 0 Å². The van der Waals surface area contributed by atoms with Crippen molar-refractivity contribution in [2.45, 2.75) is 114 Å². The van der Waals surface area contributed by atoms with Gasteiger partial charge >= 0.3 is 11.9 Å². The molecule has 3 unspecified atom stereocenters. The number of hydrogen-bond donors (Lipinski definition) is 3. The van der Waals surface area contributed by atoms with Crippen molar-refractivity contribution in [3.8, 4) is 0 Å². The zero-order valence-electron chi connectivity index (χ0n) is 33.8. The Balaban J connectivity index is 1.06. The van der Waals surface area contributed by atoms with Crippen LogP contribution in [0.5, 0.6) is 0 Å². The number of allylic oxidation sites excluding steroid dienone is 1. The van der Waals surface area contributed by atoms with Crippen LogP contribution >= 0.6 is 0 Å². The van der Waals surface area contributed by atoms with Crippen molar-refractivity contribution in [2.75, 3.05) is 13.2 Å². The van der Waals surface area contributed by atoms with Crippen molar-refractivity contribution in [1.82, 2.24) is 10.6 Å². The quantitative estimate of drug-likeness (QED) is 0.124. The van der Waals surface area contributed by atoms with Gasteiger partial charge in [-0.1, -0.05) is 91.0 Å². The Kier molecular flexibility index (Phi) is 13.1. The molecule has 2 saturated heterocycles. The minimum absolute atomic E-state index is 0.00563. The van der Waals surface area contributed by atoms with E-state index in [1.54, 1.807) is 39.0 Å². The third kappa shape index (κ3) is 10.5. The highest BCUT2D eigenvalue weighted by Gasteiger charge is 2.55. The first-order chi connectivity index (χ1) is 28.4. The lowest BCUT2D eigenvalue weighted by Gasteiger charge is -2.31. The summed E-state index contributed by atoms with van der Waals surface area (Å²) >= 11 is 0.